The van der Waals surface area contributed by atoms with Gasteiger partial charge in [0.1, 0.15) is 0 Å². The Morgan fingerprint density at radius 2 is 1.92 bits per heavy atom. The summed E-state index contributed by atoms with van der Waals surface area (Å²) in [6.07, 6.45) is 4.43. The zero-order valence-electron chi connectivity index (χ0n) is 14.9. The van der Waals surface area contributed by atoms with Crippen molar-refractivity contribution in [2.24, 2.45) is 5.92 Å². The maximum absolute atomic E-state index is 11.6. The number of benzene rings is 1. The Morgan fingerprint density at radius 3 is 2.60 bits per heavy atom. The van der Waals surface area contributed by atoms with Gasteiger partial charge in [-0.1, -0.05) is 12.1 Å². The molecule has 1 atom stereocenters. The van der Waals surface area contributed by atoms with Crippen LogP contribution >= 0.6 is 0 Å². The molecule has 0 fully saturated rings. The fraction of sp³-hybridized carbons (Fsp3) is 0.474. The Kier molecular flexibility index (Phi) is 5.61. The second kappa shape index (κ2) is 7.72. The van der Waals surface area contributed by atoms with Crippen LogP contribution < -0.4 is 0 Å². The van der Waals surface area contributed by atoms with Crippen molar-refractivity contribution < 1.29 is 13.2 Å². The Labute approximate surface area is 150 Å². The lowest BCUT2D eigenvalue weighted by Gasteiger charge is -2.24. The maximum atomic E-state index is 11.6. The highest BCUT2D eigenvalue weighted by Crippen LogP contribution is 2.21. The van der Waals surface area contributed by atoms with Gasteiger partial charge in [-0.05, 0) is 42.2 Å². The number of fused-ring (bicyclic) bond motifs is 1. The molecule has 2 aromatic rings. The van der Waals surface area contributed by atoms with Gasteiger partial charge < -0.3 is 9.30 Å². The molecule has 6 heteroatoms. The van der Waals surface area contributed by atoms with E-state index in [1.807, 2.05) is 12.1 Å². The Hall–Kier alpha value is -1.63. The zero-order valence-corrected chi connectivity index (χ0v) is 15.7. The van der Waals surface area contributed by atoms with E-state index >= 15 is 0 Å². The number of methoxy groups -OCH3 is 1. The van der Waals surface area contributed by atoms with Crippen molar-refractivity contribution in [3.8, 4) is 0 Å². The van der Waals surface area contributed by atoms with Gasteiger partial charge >= 0.3 is 0 Å². The normalized spacial score (nSPS) is 18.7. The first-order valence-corrected chi connectivity index (χ1v) is 10.5. The molecule has 1 aliphatic heterocycles. The minimum absolute atomic E-state index is 0.374. The van der Waals surface area contributed by atoms with E-state index < -0.39 is 9.84 Å². The van der Waals surface area contributed by atoms with Crippen molar-refractivity contribution in [3.05, 3.63) is 53.9 Å². The van der Waals surface area contributed by atoms with Gasteiger partial charge in [0.15, 0.2) is 9.84 Å². The Morgan fingerprint density at radius 1 is 1.16 bits per heavy atom. The summed E-state index contributed by atoms with van der Waals surface area (Å²) in [6.45, 7) is 4.54. The SMILES string of the molecule is COCC[C@H]1CN(Cc2ccc(S(C)(=O)=O)cc2)Cc2cccn2C1. The lowest BCUT2D eigenvalue weighted by atomic mass is 10.1. The van der Waals surface area contributed by atoms with Crippen LogP contribution in [0.1, 0.15) is 17.7 Å². The summed E-state index contributed by atoms with van der Waals surface area (Å²) in [5.41, 5.74) is 2.46. The van der Waals surface area contributed by atoms with Crippen molar-refractivity contribution in [1.82, 2.24) is 9.47 Å². The molecule has 136 valence electrons. The van der Waals surface area contributed by atoms with Gasteiger partial charge in [-0.15, -0.1) is 0 Å². The topological polar surface area (TPSA) is 51.5 Å². The summed E-state index contributed by atoms with van der Waals surface area (Å²) in [6, 6.07) is 11.5. The van der Waals surface area contributed by atoms with Crippen LogP contribution in [0.5, 0.6) is 0 Å². The van der Waals surface area contributed by atoms with Crippen molar-refractivity contribution >= 4 is 9.84 Å². The first-order chi connectivity index (χ1) is 12.0. The summed E-state index contributed by atoms with van der Waals surface area (Å²) in [4.78, 5) is 2.81. The number of sulfone groups is 1. The van der Waals surface area contributed by atoms with Crippen molar-refractivity contribution in [2.45, 2.75) is 31.0 Å². The van der Waals surface area contributed by atoms with Crippen molar-refractivity contribution in [1.29, 1.82) is 0 Å². The molecule has 0 spiro atoms. The number of hydrogen-bond acceptors (Lipinski definition) is 4. The van der Waals surface area contributed by atoms with Crippen LogP contribution in [-0.2, 0) is 34.2 Å². The van der Waals surface area contributed by atoms with E-state index in [4.69, 9.17) is 4.74 Å². The molecular weight excluding hydrogens is 336 g/mol. The monoisotopic (exact) mass is 362 g/mol. The van der Waals surface area contributed by atoms with Gasteiger partial charge in [-0.2, -0.15) is 0 Å². The zero-order chi connectivity index (χ0) is 17.9. The van der Waals surface area contributed by atoms with Crippen LogP contribution in [0, 0.1) is 5.92 Å². The van der Waals surface area contributed by atoms with Gasteiger partial charge in [0, 0.05) is 58.0 Å². The first kappa shape index (κ1) is 18.2. The summed E-state index contributed by atoms with van der Waals surface area (Å²) < 4.78 is 30.8. The van der Waals surface area contributed by atoms with Gasteiger partial charge in [0.25, 0.3) is 0 Å². The van der Waals surface area contributed by atoms with Crippen LogP contribution in [-0.4, -0.2) is 44.4 Å². The Balaban J connectivity index is 1.74. The van der Waals surface area contributed by atoms with E-state index in [-0.39, 0.29) is 0 Å². The molecule has 0 bridgehead atoms. The Bertz CT molecular complexity index is 796. The number of hydrogen-bond donors (Lipinski definition) is 0. The molecule has 0 saturated carbocycles. The molecule has 25 heavy (non-hydrogen) atoms. The second-order valence-electron chi connectivity index (χ2n) is 6.89. The number of aromatic nitrogens is 1. The van der Waals surface area contributed by atoms with E-state index in [1.54, 1.807) is 19.2 Å². The first-order valence-electron chi connectivity index (χ1n) is 8.60. The fourth-order valence-electron chi connectivity index (χ4n) is 3.45. The highest BCUT2D eigenvalue weighted by atomic mass is 32.2. The van der Waals surface area contributed by atoms with Crippen LogP contribution in [0.25, 0.3) is 0 Å². The molecular formula is C19H26N2O3S. The van der Waals surface area contributed by atoms with Gasteiger partial charge in [0.2, 0.25) is 0 Å². The van der Waals surface area contributed by atoms with Gasteiger partial charge in [-0.3, -0.25) is 4.90 Å². The third kappa shape index (κ3) is 4.71. The molecule has 0 unspecified atom stereocenters. The molecule has 2 heterocycles. The summed E-state index contributed by atoms with van der Waals surface area (Å²) in [7, 11) is -1.39. The third-order valence-corrected chi connectivity index (χ3v) is 5.90. The molecule has 3 rings (SSSR count). The van der Waals surface area contributed by atoms with Crippen LogP contribution in [0.15, 0.2) is 47.5 Å². The van der Waals surface area contributed by atoms with Crippen molar-refractivity contribution in [2.75, 3.05) is 26.5 Å². The fourth-order valence-corrected chi connectivity index (χ4v) is 4.08. The number of rotatable bonds is 6. The summed E-state index contributed by atoms with van der Waals surface area (Å²) in [5.74, 6) is 0.545. The molecule has 1 aliphatic rings. The highest BCUT2D eigenvalue weighted by molar-refractivity contribution is 7.90. The molecule has 5 nitrogen and oxygen atoms in total. The van der Waals surface area contributed by atoms with E-state index in [2.05, 4.69) is 27.8 Å². The second-order valence-corrected chi connectivity index (χ2v) is 8.90. The van der Waals surface area contributed by atoms with Crippen molar-refractivity contribution in [3.63, 3.8) is 0 Å². The third-order valence-electron chi connectivity index (χ3n) is 4.77. The van der Waals surface area contributed by atoms with E-state index in [0.29, 0.717) is 10.8 Å². The smallest absolute Gasteiger partial charge is 0.175 e. The quantitative estimate of drug-likeness (QED) is 0.792. The summed E-state index contributed by atoms with van der Waals surface area (Å²) >= 11 is 0. The van der Waals surface area contributed by atoms with Gasteiger partial charge in [-0.25, -0.2) is 8.42 Å². The predicted molar refractivity (Wildman–Crippen MR) is 98.1 cm³/mol. The van der Waals surface area contributed by atoms with Crippen LogP contribution in [0.2, 0.25) is 0 Å². The highest BCUT2D eigenvalue weighted by Gasteiger charge is 2.21. The largest absolute Gasteiger partial charge is 0.385 e. The molecule has 0 N–H and O–H groups in total. The average Bonchev–Trinajstić information content (AvgIpc) is 2.92. The summed E-state index contributed by atoms with van der Waals surface area (Å²) in [5, 5.41) is 0. The lowest BCUT2D eigenvalue weighted by molar-refractivity contribution is 0.151. The standard InChI is InChI=1S/C19H26N2O3S/c1-24-11-9-17-13-20(15-18-4-3-10-21(18)14-17)12-16-5-7-19(8-6-16)25(2,22)23/h3-8,10,17H,9,11-15H2,1-2H3/t17-/m0/s1. The number of ether oxygens (including phenoxy) is 1. The van der Waals surface area contributed by atoms with Gasteiger partial charge in [0.05, 0.1) is 4.90 Å². The molecule has 0 amide bonds. The molecule has 0 aliphatic carbocycles. The number of nitrogens with zero attached hydrogens (tertiary/aromatic N) is 2. The van der Waals surface area contributed by atoms with E-state index in [0.717, 1.165) is 44.8 Å². The molecule has 1 aromatic carbocycles. The van der Waals surface area contributed by atoms with E-state index in [1.165, 1.54) is 11.9 Å². The maximum Gasteiger partial charge on any atom is 0.175 e. The minimum Gasteiger partial charge on any atom is -0.385 e. The van der Waals surface area contributed by atoms with E-state index in [9.17, 15) is 8.42 Å². The minimum atomic E-state index is -3.14. The molecule has 0 saturated heterocycles. The van der Waals surface area contributed by atoms with Crippen LogP contribution in [0.3, 0.4) is 0 Å². The predicted octanol–water partition coefficient (Wildman–Crippen LogP) is 2.56. The molecule has 1 aromatic heterocycles. The average molecular weight is 362 g/mol. The lowest BCUT2D eigenvalue weighted by Crippen LogP contribution is -2.28. The molecule has 0 radical (unpaired) electrons. The van der Waals surface area contributed by atoms with Crippen LogP contribution in [0.4, 0.5) is 0 Å².